The molecule has 162 valence electrons. The van der Waals surface area contributed by atoms with Crippen LogP contribution in [0.1, 0.15) is 34.5 Å². The van der Waals surface area contributed by atoms with Crippen LogP contribution in [0.4, 0.5) is 10.2 Å². The number of carbonyl (C=O) groups is 1. The zero-order chi connectivity index (χ0) is 23.1. The molecule has 0 spiro atoms. The number of pyridine rings is 1. The first kappa shape index (κ1) is 23.3. The molecule has 6 N–H and O–H groups in total. The maximum atomic E-state index is 13.8. The van der Waals surface area contributed by atoms with Crippen LogP contribution >= 0.6 is 0 Å². The number of anilines is 1. The first-order valence-corrected chi connectivity index (χ1v) is 9.17. The van der Waals surface area contributed by atoms with Crippen molar-refractivity contribution < 1.29 is 18.7 Å². The van der Waals surface area contributed by atoms with Gasteiger partial charge in [-0.25, -0.2) is 14.2 Å². The molecule has 0 aliphatic carbocycles. The summed E-state index contributed by atoms with van der Waals surface area (Å²) in [4.78, 5) is 16.1. The van der Waals surface area contributed by atoms with Crippen LogP contribution in [0.5, 0.6) is 5.75 Å². The molecule has 31 heavy (non-hydrogen) atoms. The van der Waals surface area contributed by atoms with Crippen LogP contribution in [-0.2, 0) is 4.74 Å². The first-order valence-electron chi connectivity index (χ1n) is 9.17. The van der Waals surface area contributed by atoms with Crippen LogP contribution < -0.4 is 21.5 Å². The SMILES string of the molecule is CN/C(C#N)=C(\C(=N)CN)c1cnc(N)c(O[C@H](C)c2cc(F)ccc2C(=O)OC)c1. The van der Waals surface area contributed by atoms with Gasteiger partial charge in [0, 0.05) is 36.5 Å². The number of carbonyl (C=O) groups excluding carboxylic acids is 1. The number of nitriles is 1. The van der Waals surface area contributed by atoms with Crippen molar-refractivity contribution in [2.24, 2.45) is 5.73 Å². The van der Waals surface area contributed by atoms with E-state index in [2.05, 4.69) is 10.3 Å². The Morgan fingerprint density at radius 3 is 2.71 bits per heavy atom. The monoisotopic (exact) mass is 426 g/mol. The van der Waals surface area contributed by atoms with Gasteiger partial charge in [-0.3, -0.25) is 0 Å². The fraction of sp³-hybridized carbons (Fsp3) is 0.238. The quantitative estimate of drug-likeness (QED) is 0.284. The molecular weight excluding hydrogens is 403 g/mol. The average Bonchev–Trinajstić information content (AvgIpc) is 2.77. The van der Waals surface area contributed by atoms with Gasteiger partial charge < -0.3 is 31.7 Å². The molecule has 1 aromatic heterocycles. The van der Waals surface area contributed by atoms with E-state index in [1.165, 1.54) is 31.5 Å². The number of methoxy groups -OCH3 is 1. The van der Waals surface area contributed by atoms with Gasteiger partial charge in [0.2, 0.25) is 0 Å². The van der Waals surface area contributed by atoms with E-state index in [1.54, 1.807) is 14.0 Å². The number of nitrogens with two attached hydrogens (primary N) is 2. The molecule has 0 aliphatic rings. The molecule has 0 fully saturated rings. The van der Waals surface area contributed by atoms with Crippen LogP contribution in [0.2, 0.25) is 0 Å². The van der Waals surface area contributed by atoms with E-state index < -0.39 is 17.9 Å². The third-order valence-corrected chi connectivity index (χ3v) is 4.45. The van der Waals surface area contributed by atoms with Crippen LogP contribution in [0.25, 0.3) is 5.57 Å². The summed E-state index contributed by atoms with van der Waals surface area (Å²) in [6.07, 6.45) is 0.591. The molecule has 1 aromatic carbocycles. The Hall–Kier alpha value is -3.97. The Kier molecular flexibility index (Phi) is 7.65. The molecule has 2 rings (SSSR count). The number of hydrogen-bond donors (Lipinski definition) is 4. The van der Waals surface area contributed by atoms with Gasteiger partial charge in [0.15, 0.2) is 11.6 Å². The van der Waals surface area contributed by atoms with Crippen molar-refractivity contribution in [1.29, 1.82) is 10.7 Å². The molecule has 9 nitrogen and oxygen atoms in total. The van der Waals surface area contributed by atoms with E-state index in [0.29, 0.717) is 5.56 Å². The number of esters is 1. The molecule has 1 atom stereocenters. The number of allylic oxidation sites excluding steroid dienone is 1. The Morgan fingerprint density at radius 1 is 1.42 bits per heavy atom. The normalized spacial score (nSPS) is 12.3. The van der Waals surface area contributed by atoms with Crippen LogP contribution in [0.15, 0.2) is 36.2 Å². The molecule has 0 radical (unpaired) electrons. The van der Waals surface area contributed by atoms with Crippen LogP contribution in [0.3, 0.4) is 0 Å². The summed E-state index contributed by atoms with van der Waals surface area (Å²) in [5.74, 6) is -1.03. The number of aromatic nitrogens is 1. The van der Waals surface area contributed by atoms with E-state index in [-0.39, 0.29) is 46.2 Å². The zero-order valence-electron chi connectivity index (χ0n) is 17.3. The topological polar surface area (TPSA) is 160 Å². The molecule has 0 bridgehead atoms. The minimum absolute atomic E-state index is 0.00887. The summed E-state index contributed by atoms with van der Waals surface area (Å²) >= 11 is 0. The molecule has 0 unspecified atom stereocenters. The third-order valence-electron chi connectivity index (χ3n) is 4.45. The summed E-state index contributed by atoms with van der Waals surface area (Å²) in [7, 11) is 2.77. The van der Waals surface area contributed by atoms with Crippen molar-refractivity contribution in [3.63, 3.8) is 0 Å². The maximum absolute atomic E-state index is 13.8. The Bertz CT molecular complexity index is 1080. The van der Waals surface area contributed by atoms with Crippen molar-refractivity contribution in [2.75, 3.05) is 26.4 Å². The molecule has 0 aliphatic heterocycles. The minimum atomic E-state index is -0.801. The highest BCUT2D eigenvalue weighted by Crippen LogP contribution is 2.31. The fourth-order valence-corrected chi connectivity index (χ4v) is 2.91. The maximum Gasteiger partial charge on any atom is 0.338 e. The van der Waals surface area contributed by atoms with Gasteiger partial charge in [-0.2, -0.15) is 5.26 Å². The predicted octanol–water partition coefficient (Wildman–Crippen LogP) is 2.16. The molecule has 0 amide bonds. The summed E-state index contributed by atoms with van der Waals surface area (Å²) in [6, 6.07) is 7.12. The zero-order valence-corrected chi connectivity index (χ0v) is 17.3. The average molecular weight is 426 g/mol. The molecule has 10 heteroatoms. The van der Waals surface area contributed by atoms with E-state index in [0.717, 1.165) is 6.07 Å². The number of halogens is 1. The second kappa shape index (κ2) is 10.2. The van der Waals surface area contributed by atoms with Gasteiger partial charge in [0.25, 0.3) is 0 Å². The number of nitrogens with zero attached hydrogens (tertiary/aromatic N) is 2. The van der Waals surface area contributed by atoms with Gasteiger partial charge in [0.05, 0.1) is 18.4 Å². The minimum Gasteiger partial charge on any atom is -0.482 e. The van der Waals surface area contributed by atoms with Crippen molar-refractivity contribution in [3.8, 4) is 11.8 Å². The third kappa shape index (κ3) is 5.15. The number of benzene rings is 1. The largest absolute Gasteiger partial charge is 0.482 e. The van der Waals surface area contributed by atoms with Crippen LogP contribution in [-0.4, -0.2) is 37.4 Å². The highest BCUT2D eigenvalue weighted by atomic mass is 19.1. The summed E-state index contributed by atoms with van der Waals surface area (Å²) in [5.41, 5.74) is 12.7. The van der Waals surface area contributed by atoms with E-state index in [9.17, 15) is 14.4 Å². The Morgan fingerprint density at radius 2 is 2.13 bits per heavy atom. The van der Waals surface area contributed by atoms with Gasteiger partial charge >= 0.3 is 5.97 Å². The fourth-order valence-electron chi connectivity index (χ4n) is 2.91. The molecular formula is C21H23FN6O3. The lowest BCUT2D eigenvalue weighted by Gasteiger charge is -2.19. The smallest absolute Gasteiger partial charge is 0.338 e. The Labute approximate surface area is 179 Å². The van der Waals surface area contributed by atoms with Gasteiger partial charge in [-0.05, 0) is 31.2 Å². The molecule has 1 heterocycles. The van der Waals surface area contributed by atoms with Crippen LogP contribution in [0, 0.1) is 22.6 Å². The molecule has 0 saturated carbocycles. The molecule has 2 aromatic rings. The summed E-state index contributed by atoms with van der Waals surface area (Å²) in [6.45, 7) is 1.51. The predicted molar refractivity (Wildman–Crippen MR) is 114 cm³/mol. The van der Waals surface area contributed by atoms with E-state index >= 15 is 0 Å². The van der Waals surface area contributed by atoms with E-state index in [1.807, 2.05) is 6.07 Å². The summed E-state index contributed by atoms with van der Waals surface area (Å²) < 4.78 is 24.5. The highest BCUT2D eigenvalue weighted by Gasteiger charge is 2.21. The van der Waals surface area contributed by atoms with Gasteiger partial charge in [0.1, 0.15) is 23.7 Å². The number of hydrogen-bond acceptors (Lipinski definition) is 9. The van der Waals surface area contributed by atoms with Crippen molar-refractivity contribution in [2.45, 2.75) is 13.0 Å². The number of nitrogens with one attached hydrogen (secondary N) is 2. The number of rotatable bonds is 8. The Balaban J connectivity index is 2.52. The van der Waals surface area contributed by atoms with E-state index in [4.69, 9.17) is 26.4 Å². The lowest BCUT2D eigenvalue weighted by Crippen LogP contribution is -2.19. The van der Waals surface area contributed by atoms with Crippen molar-refractivity contribution in [3.05, 3.63) is 58.7 Å². The molecule has 0 saturated heterocycles. The van der Waals surface area contributed by atoms with Crippen molar-refractivity contribution in [1.82, 2.24) is 10.3 Å². The number of ether oxygens (including phenoxy) is 2. The highest BCUT2D eigenvalue weighted by molar-refractivity contribution is 6.24. The van der Waals surface area contributed by atoms with Gasteiger partial charge in [-0.15, -0.1) is 0 Å². The second-order valence-electron chi connectivity index (χ2n) is 6.39. The lowest BCUT2D eigenvalue weighted by molar-refractivity contribution is 0.0595. The van der Waals surface area contributed by atoms with Gasteiger partial charge in [-0.1, -0.05) is 0 Å². The second-order valence-corrected chi connectivity index (χ2v) is 6.39. The standard InChI is InChI=1S/C21H23FN6O3/c1-11(15-7-13(22)4-5-14(15)21(29)30-3)31-18-6-12(10-28-20(18)26)19(16(25)8-23)17(9-24)27-2/h4-7,10-11,25,27H,8,23H2,1-3H3,(H2,26,28)/b19-17-,25-16?/t11-/m1/s1. The lowest BCUT2D eigenvalue weighted by atomic mass is 10.00. The van der Waals surface area contributed by atoms with Crippen molar-refractivity contribution >= 4 is 23.1 Å². The number of nitrogen functional groups attached to an aromatic ring is 1. The summed E-state index contributed by atoms with van der Waals surface area (Å²) in [5, 5.41) is 20.2. The first-order chi connectivity index (χ1) is 14.8.